The van der Waals surface area contributed by atoms with E-state index in [1.54, 1.807) is 6.92 Å². The Balaban J connectivity index is 1.30. The molecule has 2 atom stereocenters. The van der Waals surface area contributed by atoms with Crippen molar-refractivity contribution in [1.82, 2.24) is 25.0 Å². The summed E-state index contributed by atoms with van der Waals surface area (Å²) in [6.07, 6.45) is 6.24. The van der Waals surface area contributed by atoms with Crippen molar-refractivity contribution < 1.29 is 9.59 Å². The highest BCUT2D eigenvalue weighted by atomic mass is 16.2. The van der Waals surface area contributed by atoms with E-state index in [4.69, 9.17) is 0 Å². The summed E-state index contributed by atoms with van der Waals surface area (Å²) < 4.78 is 1.96. The standard InChI is InChI=1S/C19H21N5O2/c1-11-3-4-15-5-14(10-24(15)9-11)18(25)23-16-6-13(16)7-21-19(26)17-8-20-12(2)22-17/h3-5,8-10,13,16H,6-7H2,1-2H3,(H,20,22)(H,21,26)(H,23,25)/t13-,16-/m0/s1. The molecular weight excluding hydrogens is 330 g/mol. The zero-order valence-electron chi connectivity index (χ0n) is 14.7. The molecule has 26 heavy (non-hydrogen) atoms. The van der Waals surface area contributed by atoms with Crippen molar-refractivity contribution in [2.45, 2.75) is 26.3 Å². The van der Waals surface area contributed by atoms with Crippen LogP contribution in [0, 0.1) is 19.8 Å². The second-order valence-corrected chi connectivity index (χ2v) is 6.94. The third-order valence-electron chi connectivity index (χ3n) is 4.71. The van der Waals surface area contributed by atoms with Crippen molar-refractivity contribution in [2.24, 2.45) is 5.92 Å². The van der Waals surface area contributed by atoms with Crippen molar-refractivity contribution in [3.63, 3.8) is 0 Å². The molecule has 0 aliphatic heterocycles. The highest BCUT2D eigenvalue weighted by Gasteiger charge is 2.38. The number of nitrogens with one attached hydrogen (secondary N) is 3. The first kappa shape index (κ1) is 16.4. The lowest BCUT2D eigenvalue weighted by Crippen LogP contribution is -2.31. The van der Waals surface area contributed by atoms with Crippen LogP contribution in [0.4, 0.5) is 0 Å². The Morgan fingerprint density at radius 2 is 2.12 bits per heavy atom. The average Bonchev–Trinajstić information content (AvgIpc) is 3.00. The number of hydrogen-bond donors (Lipinski definition) is 3. The molecule has 1 aliphatic carbocycles. The molecule has 0 spiro atoms. The van der Waals surface area contributed by atoms with Crippen molar-refractivity contribution in [1.29, 1.82) is 0 Å². The number of fused-ring (bicyclic) bond motifs is 1. The van der Waals surface area contributed by atoms with Gasteiger partial charge in [-0.15, -0.1) is 0 Å². The summed E-state index contributed by atoms with van der Waals surface area (Å²) in [5, 5.41) is 5.92. The summed E-state index contributed by atoms with van der Waals surface area (Å²) in [6.45, 7) is 4.36. The summed E-state index contributed by atoms with van der Waals surface area (Å²) in [5.41, 5.74) is 3.25. The van der Waals surface area contributed by atoms with Crippen LogP contribution in [-0.2, 0) is 0 Å². The molecule has 0 saturated heterocycles. The summed E-state index contributed by atoms with van der Waals surface area (Å²) in [7, 11) is 0. The smallest absolute Gasteiger partial charge is 0.269 e. The van der Waals surface area contributed by atoms with E-state index >= 15 is 0 Å². The molecule has 1 aliphatic rings. The van der Waals surface area contributed by atoms with Crippen molar-refractivity contribution in [2.75, 3.05) is 6.54 Å². The van der Waals surface area contributed by atoms with E-state index in [9.17, 15) is 9.59 Å². The summed E-state index contributed by atoms with van der Waals surface area (Å²) >= 11 is 0. The van der Waals surface area contributed by atoms with Gasteiger partial charge in [-0.1, -0.05) is 6.07 Å². The number of pyridine rings is 1. The van der Waals surface area contributed by atoms with Gasteiger partial charge in [-0.25, -0.2) is 4.98 Å². The zero-order chi connectivity index (χ0) is 18.3. The first-order valence-corrected chi connectivity index (χ1v) is 8.68. The fraction of sp³-hybridized carbons (Fsp3) is 0.316. The molecule has 0 aromatic carbocycles. The lowest BCUT2D eigenvalue weighted by Gasteiger charge is -2.04. The quantitative estimate of drug-likeness (QED) is 0.655. The van der Waals surface area contributed by atoms with E-state index < -0.39 is 0 Å². The molecule has 4 rings (SSSR count). The van der Waals surface area contributed by atoms with Gasteiger partial charge in [0.25, 0.3) is 11.8 Å². The number of aromatic nitrogens is 3. The second-order valence-electron chi connectivity index (χ2n) is 6.94. The minimum absolute atomic E-state index is 0.0747. The minimum atomic E-state index is -0.170. The molecule has 3 N–H and O–H groups in total. The molecule has 3 aromatic heterocycles. The normalized spacial score (nSPS) is 18.7. The number of aromatic amines is 1. The molecule has 2 amide bonds. The van der Waals surface area contributed by atoms with Crippen LogP contribution in [0.3, 0.4) is 0 Å². The second kappa shape index (κ2) is 6.33. The number of carbonyl (C=O) groups is 2. The molecule has 0 unspecified atom stereocenters. The van der Waals surface area contributed by atoms with Crippen molar-refractivity contribution in [3.05, 3.63) is 59.4 Å². The van der Waals surface area contributed by atoms with E-state index in [2.05, 4.69) is 20.6 Å². The number of nitrogens with zero attached hydrogens (tertiary/aromatic N) is 2. The monoisotopic (exact) mass is 351 g/mol. The van der Waals surface area contributed by atoms with Gasteiger partial charge in [-0.3, -0.25) is 9.59 Å². The van der Waals surface area contributed by atoms with Gasteiger partial charge in [0.1, 0.15) is 11.5 Å². The molecule has 7 heteroatoms. The number of imidazole rings is 1. The largest absolute Gasteiger partial charge is 0.350 e. The van der Waals surface area contributed by atoms with Crippen LogP contribution in [0.2, 0.25) is 0 Å². The summed E-state index contributed by atoms with van der Waals surface area (Å²) in [6, 6.07) is 6.02. The number of aryl methyl sites for hydroxylation is 2. The molecule has 3 aromatic rings. The minimum Gasteiger partial charge on any atom is -0.350 e. The molecule has 134 valence electrons. The Bertz CT molecular complexity index is 987. The molecule has 7 nitrogen and oxygen atoms in total. The molecular formula is C19H21N5O2. The molecule has 1 saturated carbocycles. The van der Waals surface area contributed by atoms with Crippen LogP contribution in [0.5, 0.6) is 0 Å². The van der Waals surface area contributed by atoms with E-state index in [1.165, 1.54) is 6.20 Å². The van der Waals surface area contributed by atoms with Gasteiger partial charge in [0.15, 0.2) is 0 Å². The van der Waals surface area contributed by atoms with Crippen LogP contribution >= 0.6 is 0 Å². The number of H-pyrrole nitrogens is 1. The van der Waals surface area contributed by atoms with E-state index in [0.717, 1.165) is 17.5 Å². The Morgan fingerprint density at radius 3 is 2.88 bits per heavy atom. The van der Waals surface area contributed by atoms with Gasteiger partial charge in [0, 0.05) is 30.5 Å². The fourth-order valence-electron chi connectivity index (χ4n) is 3.10. The Labute approximate surface area is 150 Å². The maximum absolute atomic E-state index is 12.4. The topological polar surface area (TPSA) is 91.3 Å². The van der Waals surface area contributed by atoms with Crippen LogP contribution < -0.4 is 10.6 Å². The third kappa shape index (κ3) is 3.33. The van der Waals surface area contributed by atoms with Crippen LogP contribution in [0.15, 0.2) is 36.8 Å². The van der Waals surface area contributed by atoms with Gasteiger partial charge in [0.2, 0.25) is 0 Å². The predicted octanol–water partition coefficient (Wildman–Crippen LogP) is 1.83. The Kier molecular flexibility index (Phi) is 3.99. The average molecular weight is 351 g/mol. The van der Waals surface area contributed by atoms with Crippen molar-refractivity contribution >= 4 is 17.3 Å². The van der Waals surface area contributed by atoms with Crippen LogP contribution in [-0.4, -0.2) is 38.8 Å². The Hall–Kier alpha value is -3.09. The highest BCUT2D eigenvalue weighted by Crippen LogP contribution is 2.30. The van der Waals surface area contributed by atoms with Crippen molar-refractivity contribution in [3.8, 4) is 0 Å². The lowest BCUT2D eigenvalue weighted by molar-refractivity contribution is 0.0947. The fourth-order valence-corrected chi connectivity index (χ4v) is 3.10. The SMILES string of the molecule is Cc1ccc2cc(C(=O)N[C@H]3C[C@H]3CNC(=O)c3cnc(C)[nH]3)cn2c1. The first-order chi connectivity index (χ1) is 12.5. The van der Waals surface area contributed by atoms with E-state index in [-0.39, 0.29) is 23.8 Å². The van der Waals surface area contributed by atoms with Crippen LogP contribution in [0.1, 0.15) is 38.7 Å². The van der Waals surface area contributed by atoms with Gasteiger partial charge in [-0.2, -0.15) is 0 Å². The van der Waals surface area contributed by atoms with Gasteiger partial charge >= 0.3 is 0 Å². The first-order valence-electron chi connectivity index (χ1n) is 8.68. The molecule has 0 bridgehead atoms. The number of hydrogen-bond acceptors (Lipinski definition) is 3. The number of amides is 2. The maximum Gasteiger partial charge on any atom is 0.269 e. The molecule has 3 heterocycles. The van der Waals surface area contributed by atoms with E-state index in [1.807, 2.05) is 41.9 Å². The van der Waals surface area contributed by atoms with Gasteiger partial charge < -0.3 is 20.0 Å². The molecule has 0 radical (unpaired) electrons. The van der Waals surface area contributed by atoms with Gasteiger partial charge in [0.05, 0.1) is 11.8 Å². The van der Waals surface area contributed by atoms with Crippen LogP contribution in [0.25, 0.3) is 5.52 Å². The summed E-state index contributed by atoms with van der Waals surface area (Å²) in [4.78, 5) is 31.4. The lowest BCUT2D eigenvalue weighted by atomic mass is 10.3. The number of rotatable bonds is 5. The summed E-state index contributed by atoms with van der Waals surface area (Å²) in [5.74, 6) is 0.735. The van der Waals surface area contributed by atoms with Gasteiger partial charge in [-0.05, 0) is 43.9 Å². The maximum atomic E-state index is 12.4. The third-order valence-corrected chi connectivity index (χ3v) is 4.71. The zero-order valence-corrected chi connectivity index (χ0v) is 14.7. The molecule has 1 fully saturated rings. The highest BCUT2D eigenvalue weighted by molar-refractivity contribution is 5.96. The van der Waals surface area contributed by atoms with E-state index in [0.29, 0.717) is 23.6 Å². The number of carbonyl (C=O) groups excluding carboxylic acids is 2. The predicted molar refractivity (Wildman–Crippen MR) is 97.2 cm³/mol. The Morgan fingerprint density at radius 1 is 1.27 bits per heavy atom.